The molecule has 2 nitrogen and oxygen atoms in total. The Morgan fingerprint density at radius 2 is 1.86 bits per heavy atom. The number of fused-ring (bicyclic) bond motifs is 1. The van der Waals surface area contributed by atoms with Crippen LogP contribution in [0.15, 0.2) is 34.8 Å². The fraction of sp³-hybridized carbons (Fsp3) is 0.125. The van der Waals surface area contributed by atoms with Crippen molar-refractivity contribution in [1.29, 1.82) is 0 Å². The number of halogens is 3. The van der Waals surface area contributed by atoms with E-state index in [1.807, 2.05) is 32.0 Å². The molecule has 0 atom stereocenters. The van der Waals surface area contributed by atoms with Gasteiger partial charge in [0.15, 0.2) is 11.6 Å². The van der Waals surface area contributed by atoms with Crippen LogP contribution in [0.25, 0.3) is 22.3 Å². The Kier molecular flexibility index (Phi) is 3.68. The molecule has 0 N–H and O–H groups in total. The van der Waals surface area contributed by atoms with E-state index in [0.29, 0.717) is 15.7 Å². The fourth-order valence-electron chi connectivity index (χ4n) is 2.22. The summed E-state index contributed by atoms with van der Waals surface area (Å²) in [6.07, 6.45) is 0. The van der Waals surface area contributed by atoms with Gasteiger partial charge in [-0.3, -0.25) is 0 Å². The van der Waals surface area contributed by atoms with Gasteiger partial charge < -0.3 is 0 Å². The van der Waals surface area contributed by atoms with Crippen LogP contribution < -0.4 is 0 Å². The molecule has 2 aromatic carbocycles. The van der Waals surface area contributed by atoms with Crippen LogP contribution in [-0.4, -0.2) is 9.97 Å². The third kappa shape index (κ3) is 2.65. The van der Waals surface area contributed by atoms with Crippen LogP contribution in [0.1, 0.15) is 11.1 Å². The Hall–Kier alpha value is -1.52. The highest BCUT2D eigenvalue weighted by Crippen LogP contribution is 2.30. The van der Waals surface area contributed by atoms with Crippen molar-refractivity contribution in [3.63, 3.8) is 0 Å². The van der Waals surface area contributed by atoms with Gasteiger partial charge in [-0.25, -0.2) is 14.4 Å². The summed E-state index contributed by atoms with van der Waals surface area (Å²) in [7, 11) is 0. The molecule has 3 aromatic rings. The third-order valence-corrected chi connectivity index (χ3v) is 4.05. The van der Waals surface area contributed by atoms with E-state index in [-0.39, 0.29) is 10.7 Å². The molecular weight excluding hydrogens is 355 g/mol. The van der Waals surface area contributed by atoms with E-state index in [4.69, 9.17) is 11.6 Å². The van der Waals surface area contributed by atoms with E-state index >= 15 is 0 Å². The molecule has 106 valence electrons. The van der Waals surface area contributed by atoms with E-state index < -0.39 is 5.82 Å². The Labute approximate surface area is 135 Å². The summed E-state index contributed by atoms with van der Waals surface area (Å²) in [6.45, 7) is 3.96. The van der Waals surface area contributed by atoms with Gasteiger partial charge in [0.05, 0.1) is 0 Å². The van der Waals surface area contributed by atoms with Gasteiger partial charge in [0.1, 0.15) is 10.7 Å². The van der Waals surface area contributed by atoms with E-state index in [1.165, 1.54) is 6.07 Å². The maximum Gasteiger partial charge on any atom is 0.161 e. The van der Waals surface area contributed by atoms with Crippen molar-refractivity contribution in [3.8, 4) is 11.4 Å². The zero-order valence-electron chi connectivity index (χ0n) is 11.4. The van der Waals surface area contributed by atoms with Crippen LogP contribution >= 0.6 is 27.5 Å². The van der Waals surface area contributed by atoms with Crippen LogP contribution in [0.4, 0.5) is 4.39 Å². The van der Waals surface area contributed by atoms with Crippen LogP contribution in [0.2, 0.25) is 5.15 Å². The third-order valence-electron chi connectivity index (χ3n) is 3.31. The largest absolute Gasteiger partial charge is 0.225 e. The molecular formula is C16H11BrClFN2. The monoisotopic (exact) mass is 364 g/mol. The zero-order chi connectivity index (χ0) is 15.1. The highest BCUT2D eigenvalue weighted by atomic mass is 79.9. The minimum Gasteiger partial charge on any atom is -0.225 e. The maximum atomic E-state index is 14.1. The fourth-order valence-corrected chi connectivity index (χ4v) is 2.87. The average Bonchev–Trinajstić information content (AvgIpc) is 2.42. The van der Waals surface area contributed by atoms with E-state index in [1.54, 1.807) is 6.07 Å². The number of hydrogen-bond donors (Lipinski definition) is 0. The number of rotatable bonds is 1. The number of aromatic nitrogens is 2. The molecule has 0 amide bonds. The maximum absolute atomic E-state index is 14.1. The van der Waals surface area contributed by atoms with Crippen LogP contribution in [0, 0.1) is 19.7 Å². The van der Waals surface area contributed by atoms with Gasteiger partial charge in [0.2, 0.25) is 0 Å². The summed E-state index contributed by atoms with van der Waals surface area (Å²) >= 11 is 9.46. The Morgan fingerprint density at radius 1 is 1.10 bits per heavy atom. The molecule has 0 aliphatic heterocycles. The Balaban J connectivity index is 2.33. The summed E-state index contributed by atoms with van der Waals surface area (Å²) in [5.74, 6) is 0.0187. The quantitative estimate of drug-likeness (QED) is 0.534. The lowest BCUT2D eigenvalue weighted by atomic mass is 10.0. The van der Waals surface area contributed by atoms with Crippen molar-refractivity contribution >= 4 is 38.4 Å². The van der Waals surface area contributed by atoms with E-state index in [2.05, 4.69) is 25.9 Å². The van der Waals surface area contributed by atoms with Gasteiger partial charge in [0.25, 0.3) is 0 Å². The Bertz CT molecular complexity index is 865. The van der Waals surface area contributed by atoms with Gasteiger partial charge in [-0.1, -0.05) is 45.2 Å². The molecule has 1 aromatic heterocycles. The summed E-state index contributed by atoms with van der Waals surface area (Å²) in [5.41, 5.74) is 3.20. The molecule has 0 aliphatic carbocycles. The molecule has 0 unspecified atom stereocenters. The predicted molar refractivity (Wildman–Crippen MR) is 87.1 cm³/mol. The van der Waals surface area contributed by atoms with Gasteiger partial charge in [-0.2, -0.15) is 0 Å². The smallest absolute Gasteiger partial charge is 0.161 e. The second-order valence-corrected chi connectivity index (χ2v) is 6.21. The van der Waals surface area contributed by atoms with Crippen molar-refractivity contribution in [3.05, 3.63) is 56.9 Å². The van der Waals surface area contributed by atoms with Gasteiger partial charge in [0, 0.05) is 15.4 Å². The highest BCUT2D eigenvalue weighted by Gasteiger charge is 2.13. The minimum atomic E-state index is -0.421. The molecule has 0 bridgehead atoms. The van der Waals surface area contributed by atoms with E-state index in [9.17, 15) is 4.39 Å². The van der Waals surface area contributed by atoms with Gasteiger partial charge in [-0.05, 0) is 37.6 Å². The zero-order valence-corrected chi connectivity index (χ0v) is 13.8. The van der Waals surface area contributed by atoms with Crippen LogP contribution in [0.3, 0.4) is 0 Å². The molecule has 0 saturated carbocycles. The van der Waals surface area contributed by atoms with Crippen molar-refractivity contribution < 1.29 is 4.39 Å². The van der Waals surface area contributed by atoms with Crippen molar-refractivity contribution in [2.75, 3.05) is 0 Å². The standard InChI is InChI=1S/C16H11BrClFN2/c1-8-3-4-9(2)11(5-8)16-20-14-12(15(18)21-16)6-10(17)7-13(14)19/h3-7H,1-2H3. The number of hydrogen-bond acceptors (Lipinski definition) is 2. The van der Waals surface area contributed by atoms with E-state index in [0.717, 1.165) is 16.7 Å². The molecule has 5 heteroatoms. The molecule has 0 aliphatic rings. The lowest BCUT2D eigenvalue weighted by Gasteiger charge is -2.09. The summed E-state index contributed by atoms with van der Waals surface area (Å²) < 4.78 is 14.7. The molecule has 1 heterocycles. The molecule has 0 saturated heterocycles. The first kappa shape index (κ1) is 14.4. The molecule has 0 fully saturated rings. The first-order chi connectivity index (χ1) is 9.95. The summed E-state index contributed by atoms with van der Waals surface area (Å²) in [4.78, 5) is 8.68. The SMILES string of the molecule is Cc1ccc(C)c(-c2nc(Cl)c3cc(Br)cc(F)c3n2)c1. The molecule has 21 heavy (non-hydrogen) atoms. The molecule has 0 radical (unpaired) electrons. The average molecular weight is 366 g/mol. The van der Waals surface area contributed by atoms with Gasteiger partial charge in [-0.15, -0.1) is 0 Å². The second-order valence-electron chi connectivity index (χ2n) is 4.94. The second kappa shape index (κ2) is 5.35. The first-order valence-corrected chi connectivity index (χ1v) is 7.53. The van der Waals surface area contributed by atoms with Crippen molar-refractivity contribution in [2.24, 2.45) is 0 Å². The van der Waals surface area contributed by atoms with Crippen molar-refractivity contribution in [2.45, 2.75) is 13.8 Å². The number of nitrogens with zero attached hydrogens (tertiary/aromatic N) is 2. The summed E-state index contributed by atoms with van der Waals surface area (Å²) in [6, 6.07) is 9.07. The van der Waals surface area contributed by atoms with Crippen LogP contribution in [0.5, 0.6) is 0 Å². The predicted octanol–water partition coefficient (Wildman–Crippen LogP) is 5.47. The Morgan fingerprint density at radius 3 is 2.62 bits per heavy atom. The number of benzene rings is 2. The van der Waals surface area contributed by atoms with Crippen LogP contribution in [-0.2, 0) is 0 Å². The normalized spacial score (nSPS) is 11.1. The minimum absolute atomic E-state index is 0.231. The topological polar surface area (TPSA) is 25.8 Å². The van der Waals surface area contributed by atoms with Gasteiger partial charge >= 0.3 is 0 Å². The lowest BCUT2D eigenvalue weighted by molar-refractivity contribution is 0.636. The molecule has 0 spiro atoms. The first-order valence-electron chi connectivity index (χ1n) is 6.35. The number of aryl methyl sites for hydroxylation is 2. The summed E-state index contributed by atoms with van der Waals surface area (Å²) in [5, 5.41) is 0.744. The highest BCUT2D eigenvalue weighted by molar-refractivity contribution is 9.10. The lowest BCUT2D eigenvalue weighted by Crippen LogP contribution is -1.96. The molecule has 3 rings (SSSR count). The van der Waals surface area contributed by atoms with Crippen molar-refractivity contribution in [1.82, 2.24) is 9.97 Å².